The Labute approximate surface area is 146 Å². The molecule has 2 aromatic carbocycles. The van der Waals surface area contributed by atoms with E-state index in [1.165, 1.54) is 0 Å². The lowest BCUT2D eigenvalue weighted by Crippen LogP contribution is -2.21. The van der Waals surface area contributed by atoms with Gasteiger partial charge < -0.3 is 10.1 Å². The van der Waals surface area contributed by atoms with E-state index in [1.54, 1.807) is 24.3 Å². The van der Waals surface area contributed by atoms with Gasteiger partial charge in [-0.25, -0.2) is 4.79 Å². The summed E-state index contributed by atoms with van der Waals surface area (Å²) in [6.45, 7) is 1.56. The Hall–Kier alpha value is -2.67. The van der Waals surface area contributed by atoms with Crippen LogP contribution in [-0.4, -0.2) is 28.7 Å². The standard InChI is InChI=1S/C17H14BrN3O3/c1-10-6-7-14(12(18)8-10)19-15(22)9-24-17(23)16-11-4-2-3-5-13(11)20-21-16/h2-8H,9H2,1H3,(H,19,22)(H,20,21). The number of rotatable bonds is 4. The third-order valence-corrected chi connectivity index (χ3v) is 4.05. The van der Waals surface area contributed by atoms with E-state index in [2.05, 4.69) is 31.4 Å². The molecule has 3 rings (SSSR count). The largest absolute Gasteiger partial charge is 0.451 e. The lowest BCUT2D eigenvalue weighted by atomic mass is 10.2. The third-order valence-electron chi connectivity index (χ3n) is 3.40. The van der Waals surface area contributed by atoms with Gasteiger partial charge in [0.25, 0.3) is 5.91 Å². The van der Waals surface area contributed by atoms with Crippen LogP contribution in [0.3, 0.4) is 0 Å². The average molecular weight is 388 g/mol. The summed E-state index contributed by atoms with van der Waals surface area (Å²) < 4.78 is 5.81. The quantitative estimate of drug-likeness (QED) is 0.671. The van der Waals surface area contributed by atoms with Gasteiger partial charge >= 0.3 is 5.97 Å². The Morgan fingerprint density at radius 3 is 2.83 bits per heavy atom. The Kier molecular flexibility index (Phi) is 4.61. The van der Waals surface area contributed by atoms with E-state index in [9.17, 15) is 9.59 Å². The van der Waals surface area contributed by atoms with Crippen molar-refractivity contribution in [3.8, 4) is 0 Å². The summed E-state index contributed by atoms with van der Waals surface area (Å²) in [4.78, 5) is 24.0. The molecule has 0 atom stereocenters. The number of ether oxygens (including phenoxy) is 1. The van der Waals surface area contributed by atoms with Crippen LogP contribution >= 0.6 is 15.9 Å². The second-order valence-electron chi connectivity index (χ2n) is 5.23. The van der Waals surface area contributed by atoms with Gasteiger partial charge in [0.2, 0.25) is 0 Å². The van der Waals surface area contributed by atoms with Crippen molar-refractivity contribution in [1.82, 2.24) is 10.2 Å². The van der Waals surface area contributed by atoms with Crippen molar-refractivity contribution in [2.75, 3.05) is 11.9 Å². The molecule has 0 unspecified atom stereocenters. The van der Waals surface area contributed by atoms with Gasteiger partial charge in [-0.15, -0.1) is 0 Å². The van der Waals surface area contributed by atoms with Crippen molar-refractivity contribution >= 4 is 44.4 Å². The number of amides is 1. The number of aryl methyl sites for hydroxylation is 1. The van der Waals surface area contributed by atoms with E-state index in [0.717, 1.165) is 15.6 Å². The highest BCUT2D eigenvalue weighted by molar-refractivity contribution is 9.10. The molecule has 122 valence electrons. The zero-order valence-electron chi connectivity index (χ0n) is 12.8. The van der Waals surface area contributed by atoms with Crippen LogP contribution in [0.4, 0.5) is 5.69 Å². The summed E-state index contributed by atoms with van der Waals surface area (Å²) >= 11 is 3.38. The van der Waals surface area contributed by atoms with Gasteiger partial charge in [-0.1, -0.05) is 24.3 Å². The molecule has 0 aliphatic heterocycles. The molecule has 0 spiro atoms. The number of hydrogen-bond acceptors (Lipinski definition) is 4. The number of nitrogens with zero attached hydrogens (tertiary/aromatic N) is 1. The minimum absolute atomic E-state index is 0.162. The normalized spacial score (nSPS) is 10.6. The lowest BCUT2D eigenvalue weighted by molar-refractivity contribution is -0.119. The maximum absolute atomic E-state index is 12.1. The van der Waals surface area contributed by atoms with Crippen LogP contribution in [0.25, 0.3) is 10.9 Å². The van der Waals surface area contributed by atoms with Crippen LogP contribution in [0.5, 0.6) is 0 Å². The number of nitrogens with one attached hydrogen (secondary N) is 2. The SMILES string of the molecule is Cc1ccc(NC(=O)COC(=O)c2n[nH]c3ccccc23)c(Br)c1. The summed E-state index contributed by atoms with van der Waals surface area (Å²) in [5.41, 5.74) is 2.58. The highest BCUT2D eigenvalue weighted by atomic mass is 79.9. The molecule has 1 heterocycles. The number of benzene rings is 2. The molecule has 0 saturated heterocycles. The van der Waals surface area contributed by atoms with Gasteiger partial charge in [0, 0.05) is 9.86 Å². The Morgan fingerprint density at radius 1 is 1.25 bits per heavy atom. The number of anilines is 1. The van der Waals surface area contributed by atoms with Gasteiger partial charge in [-0.3, -0.25) is 9.89 Å². The van der Waals surface area contributed by atoms with Crippen LogP contribution in [0.1, 0.15) is 16.1 Å². The van der Waals surface area contributed by atoms with Crippen molar-refractivity contribution in [1.29, 1.82) is 0 Å². The number of carbonyl (C=O) groups excluding carboxylic acids is 2. The Morgan fingerprint density at radius 2 is 2.04 bits per heavy atom. The fraction of sp³-hybridized carbons (Fsp3) is 0.118. The van der Waals surface area contributed by atoms with Gasteiger partial charge in [0.15, 0.2) is 12.3 Å². The minimum atomic E-state index is -0.648. The molecule has 0 radical (unpaired) electrons. The van der Waals surface area contributed by atoms with Crippen LogP contribution in [-0.2, 0) is 9.53 Å². The van der Waals surface area contributed by atoms with Gasteiger partial charge in [-0.2, -0.15) is 5.10 Å². The zero-order chi connectivity index (χ0) is 17.1. The molecule has 0 fully saturated rings. The van der Waals surface area contributed by atoms with E-state index in [4.69, 9.17) is 4.74 Å². The first-order valence-electron chi connectivity index (χ1n) is 7.21. The second kappa shape index (κ2) is 6.84. The van der Waals surface area contributed by atoms with E-state index in [-0.39, 0.29) is 12.3 Å². The predicted molar refractivity (Wildman–Crippen MR) is 93.9 cm³/mol. The summed E-state index contributed by atoms with van der Waals surface area (Å²) in [7, 11) is 0. The highest BCUT2D eigenvalue weighted by Crippen LogP contribution is 2.23. The molecule has 7 heteroatoms. The number of esters is 1. The molecule has 2 N–H and O–H groups in total. The van der Waals surface area contributed by atoms with E-state index in [0.29, 0.717) is 11.1 Å². The number of para-hydroxylation sites is 1. The van der Waals surface area contributed by atoms with Crippen molar-refractivity contribution in [2.45, 2.75) is 6.92 Å². The van der Waals surface area contributed by atoms with Crippen molar-refractivity contribution in [2.24, 2.45) is 0 Å². The molecule has 0 aliphatic carbocycles. The van der Waals surface area contributed by atoms with Crippen LogP contribution in [0.15, 0.2) is 46.9 Å². The molecular weight excluding hydrogens is 374 g/mol. The number of fused-ring (bicyclic) bond motifs is 1. The molecule has 0 saturated carbocycles. The molecule has 24 heavy (non-hydrogen) atoms. The van der Waals surface area contributed by atoms with Crippen LogP contribution in [0, 0.1) is 6.92 Å². The lowest BCUT2D eigenvalue weighted by Gasteiger charge is -2.08. The number of aromatic nitrogens is 2. The zero-order valence-corrected chi connectivity index (χ0v) is 14.4. The van der Waals surface area contributed by atoms with Crippen LogP contribution < -0.4 is 5.32 Å². The first kappa shape index (κ1) is 16.2. The number of halogens is 1. The Bertz CT molecular complexity index is 920. The molecular formula is C17H14BrN3O3. The van der Waals surface area contributed by atoms with Gasteiger partial charge in [0.05, 0.1) is 11.2 Å². The second-order valence-corrected chi connectivity index (χ2v) is 6.08. The maximum Gasteiger partial charge on any atom is 0.359 e. The molecule has 6 nitrogen and oxygen atoms in total. The van der Waals surface area contributed by atoms with Gasteiger partial charge in [0.1, 0.15) is 0 Å². The minimum Gasteiger partial charge on any atom is -0.451 e. The average Bonchev–Trinajstić information content (AvgIpc) is 2.99. The molecule has 0 bridgehead atoms. The number of carbonyl (C=O) groups is 2. The van der Waals surface area contributed by atoms with E-state index in [1.807, 2.05) is 25.1 Å². The van der Waals surface area contributed by atoms with Gasteiger partial charge in [-0.05, 0) is 46.6 Å². The van der Waals surface area contributed by atoms with Crippen molar-refractivity contribution in [3.63, 3.8) is 0 Å². The van der Waals surface area contributed by atoms with E-state index >= 15 is 0 Å². The number of hydrogen-bond donors (Lipinski definition) is 2. The molecule has 1 aromatic heterocycles. The maximum atomic E-state index is 12.1. The summed E-state index contributed by atoms with van der Waals surface area (Å²) in [6.07, 6.45) is 0. The molecule has 0 aliphatic rings. The summed E-state index contributed by atoms with van der Waals surface area (Å²) in [5, 5.41) is 10.0. The first-order valence-corrected chi connectivity index (χ1v) is 8.00. The van der Waals surface area contributed by atoms with Crippen LogP contribution in [0.2, 0.25) is 0 Å². The fourth-order valence-electron chi connectivity index (χ4n) is 2.23. The number of H-pyrrole nitrogens is 1. The summed E-state index contributed by atoms with van der Waals surface area (Å²) in [6, 6.07) is 12.7. The summed E-state index contributed by atoms with van der Waals surface area (Å²) in [5.74, 6) is -1.07. The first-order chi connectivity index (χ1) is 11.5. The third kappa shape index (κ3) is 3.46. The monoisotopic (exact) mass is 387 g/mol. The number of aromatic amines is 1. The van der Waals surface area contributed by atoms with Crippen molar-refractivity contribution < 1.29 is 14.3 Å². The Balaban J connectivity index is 1.62. The van der Waals surface area contributed by atoms with Crippen molar-refractivity contribution in [3.05, 3.63) is 58.2 Å². The predicted octanol–water partition coefficient (Wildman–Crippen LogP) is 3.43. The highest BCUT2D eigenvalue weighted by Gasteiger charge is 2.17. The van der Waals surface area contributed by atoms with E-state index < -0.39 is 11.9 Å². The smallest absolute Gasteiger partial charge is 0.359 e. The molecule has 1 amide bonds. The topological polar surface area (TPSA) is 84.1 Å². The fourth-order valence-corrected chi connectivity index (χ4v) is 2.82. The molecule has 3 aromatic rings.